The van der Waals surface area contributed by atoms with Gasteiger partial charge in [-0.3, -0.25) is 4.79 Å². The number of anilines is 1. The monoisotopic (exact) mass is 524 g/mol. The summed E-state index contributed by atoms with van der Waals surface area (Å²) in [5.41, 5.74) is 3.08. The number of likely N-dealkylation sites (tertiary alicyclic amines) is 1. The molecule has 1 spiro atoms. The van der Waals surface area contributed by atoms with Gasteiger partial charge in [0.1, 0.15) is 5.60 Å². The molecule has 0 N–H and O–H groups in total. The lowest BCUT2D eigenvalue weighted by atomic mass is 9.89. The van der Waals surface area contributed by atoms with Crippen LogP contribution in [-0.4, -0.2) is 84.6 Å². The molecular formula is C30H44N4O4. The first kappa shape index (κ1) is 28.5. The fraction of sp³-hybridized carbons (Fsp3) is 0.633. The van der Waals surface area contributed by atoms with Crippen LogP contribution in [0.1, 0.15) is 56.9 Å². The van der Waals surface area contributed by atoms with E-state index in [2.05, 4.69) is 44.0 Å². The topological polar surface area (TPSA) is 77.0 Å². The number of esters is 1. The molecular weight excluding hydrogens is 480 g/mol. The van der Waals surface area contributed by atoms with E-state index in [1.165, 1.54) is 11.1 Å². The summed E-state index contributed by atoms with van der Waals surface area (Å²) in [6.07, 6.45) is 6.08. The van der Waals surface area contributed by atoms with Crippen molar-refractivity contribution in [2.24, 2.45) is 0 Å². The average Bonchev–Trinajstić information content (AvgIpc) is 2.88. The van der Waals surface area contributed by atoms with Gasteiger partial charge in [-0.25, -0.2) is 9.97 Å². The maximum absolute atomic E-state index is 11.8. The standard InChI is InChI=1S/C30H44N4O4/c1-24-8-14-31-28(32-24)34-18-21-37-30(23-34)12-16-33(17-13-30)15-9-25-6-5-7-26(22-25)10-19-36-20-11-27(35)38-29(2,3)4/h5-8,14,22H,9-13,15-21,23H2,1-4H3. The third-order valence-corrected chi connectivity index (χ3v) is 7.19. The van der Waals surface area contributed by atoms with Crippen LogP contribution in [0, 0.1) is 6.92 Å². The Morgan fingerprint density at radius 2 is 1.84 bits per heavy atom. The summed E-state index contributed by atoms with van der Waals surface area (Å²) in [5.74, 6) is 0.610. The number of benzene rings is 1. The Hall–Kier alpha value is -2.55. The number of piperidine rings is 1. The van der Waals surface area contributed by atoms with Crippen LogP contribution in [0.5, 0.6) is 0 Å². The number of carbonyl (C=O) groups excluding carboxylic acids is 1. The van der Waals surface area contributed by atoms with Crippen LogP contribution < -0.4 is 4.90 Å². The van der Waals surface area contributed by atoms with E-state index in [4.69, 9.17) is 14.2 Å². The highest BCUT2D eigenvalue weighted by Crippen LogP contribution is 2.31. The van der Waals surface area contributed by atoms with Crippen LogP contribution >= 0.6 is 0 Å². The SMILES string of the molecule is Cc1ccnc(N2CCOC3(CCN(CCc4cccc(CCOCCC(=O)OC(C)(C)C)c4)CC3)C2)n1. The Kier molecular flexibility index (Phi) is 9.74. The lowest BCUT2D eigenvalue weighted by Crippen LogP contribution is -2.57. The van der Waals surface area contributed by atoms with Crippen LogP contribution in [-0.2, 0) is 31.8 Å². The van der Waals surface area contributed by atoms with Crippen LogP contribution in [0.4, 0.5) is 5.95 Å². The maximum Gasteiger partial charge on any atom is 0.308 e. The Labute approximate surface area is 227 Å². The number of hydrogen-bond donors (Lipinski definition) is 0. The Balaban J connectivity index is 1.16. The molecule has 2 aromatic rings. The molecule has 2 aliphatic rings. The van der Waals surface area contributed by atoms with E-state index >= 15 is 0 Å². The van der Waals surface area contributed by atoms with Crippen molar-refractivity contribution in [1.29, 1.82) is 0 Å². The van der Waals surface area contributed by atoms with Crippen molar-refractivity contribution in [1.82, 2.24) is 14.9 Å². The summed E-state index contributed by atoms with van der Waals surface area (Å²) in [7, 11) is 0. The first-order chi connectivity index (χ1) is 18.2. The van der Waals surface area contributed by atoms with Crippen molar-refractivity contribution < 1.29 is 19.0 Å². The number of hydrogen-bond acceptors (Lipinski definition) is 8. The number of nitrogens with zero attached hydrogens (tertiary/aromatic N) is 4. The second kappa shape index (κ2) is 13.0. The smallest absolute Gasteiger partial charge is 0.308 e. The molecule has 0 unspecified atom stereocenters. The van der Waals surface area contributed by atoms with E-state index in [0.29, 0.717) is 13.2 Å². The number of ether oxygens (including phenoxy) is 3. The summed E-state index contributed by atoms with van der Waals surface area (Å²) >= 11 is 0. The summed E-state index contributed by atoms with van der Waals surface area (Å²) < 4.78 is 17.3. The van der Waals surface area contributed by atoms with Crippen molar-refractivity contribution in [3.63, 3.8) is 0 Å². The molecule has 0 amide bonds. The van der Waals surface area contributed by atoms with E-state index < -0.39 is 5.60 Å². The van der Waals surface area contributed by atoms with Crippen molar-refractivity contribution in [2.45, 2.75) is 71.0 Å². The number of aromatic nitrogens is 2. The highest BCUT2D eigenvalue weighted by Gasteiger charge is 2.40. The molecule has 0 radical (unpaired) electrons. The zero-order valence-electron chi connectivity index (χ0n) is 23.6. The van der Waals surface area contributed by atoms with Gasteiger partial charge in [-0.05, 0) is 70.6 Å². The molecule has 0 saturated carbocycles. The van der Waals surface area contributed by atoms with Gasteiger partial charge in [0, 0.05) is 38.1 Å². The lowest BCUT2D eigenvalue weighted by molar-refractivity contribution is -0.156. The number of rotatable bonds is 10. The summed E-state index contributed by atoms with van der Waals surface area (Å²) in [6, 6.07) is 10.7. The van der Waals surface area contributed by atoms with Crippen molar-refractivity contribution >= 4 is 11.9 Å². The van der Waals surface area contributed by atoms with E-state index in [1.54, 1.807) is 0 Å². The number of morpholine rings is 1. The van der Waals surface area contributed by atoms with E-state index in [-0.39, 0.29) is 18.0 Å². The van der Waals surface area contributed by atoms with Crippen LogP contribution in [0.25, 0.3) is 0 Å². The zero-order valence-corrected chi connectivity index (χ0v) is 23.6. The maximum atomic E-state index is 11.8. The van der Waals surface area contributed by atoms with Gasteiger partial charge in [0.15, 0.2) is 0 Å². The molecule has 0 atom stereocenters. The highest BCUT2D eigenvalue weighted by atomic mass is 16.6. The minimum atomic E-state index is -0.449. The molecule has 4 rings (SSSR count). The second-order valence-electron chi connectivity index (χ2n) is 11.6. The molecule has 8 nitrogen and oxygen atoms in total. The molecule has 2 aliphatic heterocycles. The minimum absolute atomic E-state index is 0.0920. The fourth-order valence-electron chi connectivity index (χ4n) is 5.16. The third kappa shape index (κ3) is 8.75. The molecule has 0 aliphatic carbocycles. The van der Waals surface area contributed by atoms with Crippen molar-refractivity contribution in [3.05, 3.63) is 53.3 Å². The van der Waals surface area contributed by atoms with Gasteiger partial charge in [0.25, 0.3) is 0 Å². The van der Waals surface area contributed by atoms with Crippen LogP contribution in [0.2, 0.25) is 0 Å². The quantitative estimate of drug-likeness (QED) is 0.341. The molecule has 2 fully saturated rings. The fourth-order valence-corrected chi connectivity index (χ4v) is 5.16. The van der Waals surface area contributed by atoms with Crippen molar-refractivity contribution in [3.8, 4) is 0 Å². The van der Waals surface area contributed by atoms with Gasteiger partial charge in [0.2, 0.25) is 5.95 Å². The summed E-state index contributed by atoms with van der Waals surface area (Å²) in [5, 5.41) is 0. The van der Waals surface area contributed by atoms with E-state index in [0.717, 1.165) is 76.7 Å². The molecule has 3 heterocycles. The van der Waals surface area contributed by atoms with E-state index in [1.807, 2.05) is 40.0 Å². The molecule has 208 valence electrons. The van der Waals surface area contributed by atoms with Gasteiger partial charge in [-0.2, -0.15) is 0 Å². The zero-order chi connectivity index (χ0) is 27.0. The normalized spacial score (nSPS) is 18.1. The Morgan fingerprint density at radius 1 is 1.08 bits per heavy atom. The van der Waals surface area contributed by atoms with Crippen LogP contribution in [0.3, 0.4) is 0 Å². The van der Waals surface area contributed by atoms with Crippen LogP contribution in [0.15, 0.2) is 36.5 Å². The number of carbonyl (C=O) groups is 1. The molecule has 2 saturated heterocycles. The molecule has 1 aromatic heterocycles. The largest absolute Gasteiger partial charge is 0.460 e. The average molecular weight is 525 g/mol. The predicted octanol–water partition coefficient (Wildman–Crippen LogP) is 3.99. The molecule has 8 heteroatoms. The number of aryl methyl sites for hydroxylation is 1. The molecule has 1 aromatic carbocycles. The second-order valence-corrected chi connectivity index (χ2v) is 11.6. The van der Waals surface area contributed by atoms with Crippen molar-refractivity contribution in [2.75, 3.05) is 57.4 Å². The molecule has 0 bridgehead atoms. The van der Waals surface area contributed by atoms with Gasteiger partial charge in [-0.15, -0.1) is 0 Å². The van der Waals surface area contributed by atoms with E-state index in [9.17, 15) is 4.79 Å². The third-order valence-electron chi connectivity index (χ3n) is 7.19. The lowest BCUT2D eigenvalue weighted by Gasteiger charge is -2.47. The predicted molar refractivity (Wildman–Crippen MR) is 148 cm³/mol. The minimum Gasteiger partial charge on any atom is -0.460 e. The first-order valence-electron chi connectivity index (χ1n) is 14.0. The Bertz CT molecular complexity index is 1050. The van der Waals surface area contributed by atoms with Gasteiger partial charge in [0.05, 0.1) is 38.4 Å². The Morgan fingerprint density at radius 3 is 2.58 bits per heavy atom. The van der Waals surface area contributed by atoms with Gasteiger partial charge >= 0.3 is 5.97 Å². The molecule has 38 heavy (non-hydrogen) atoms. The van der Waals surface area contributed by atoms with Gasteiger partial charge in [-0.1, -0.05) is 24.3 Å². The highest BCUT2D eigenvalue weighted by molar-refractivity contribution is 5.69. The summed E-state index contributed by atoms with van der Waals surface area (Å²) in [4.78, 5) is 25.8. The first-order valence-corrected chi connectivity index (χ1v) is 14.0. The van der Waals surface area contributed by atoms with Gasteiger partial charge < -0.3 is 24.0 Å². The summed E-state index contributed by atoms with van der Waals surface area (Å²) in [6.45, 7) is 14.2.